The third-order valence-corrected chi connectivity index (χ3v) is 3.42. The summed E-state index contributed by atoms with van der Waals surface area (Å²) in [5.41, 5.74) is 4.12. The number of rotatable bonds is 4. The van der Waals surface area contributed by atoms with Crippen LogP contribution in [0.25, 0.3) is 0 Å². The van der Waals surface area contributed by atoms with Gasteiger partial charge in [0.25, 0.3) is 0 Å². The molecule has 0 fully saturated rings. The van der Waals surface area contributed by atoms with Gasteiger partial charge in [-0.2, -0.15) is 0 Å². The van der Waals surface area contributed by atoms with Gasteiger partial charge in [-0.05, 0) is 43.5 Å². The normalized spacial score (nSPS) is 10.6. The first-order valence-electron chi connectivity index (χ1n) is 7.22. The topological polar surface area (TPSA) is 64.1 Å². The fourth-order valence-electron chi connectivity index (χ4n) is 2.22. The van der Waals surface area contributed by atoms with Crippen molar-refractivity contribution in [2.75, 3.05) is 12.4 Å². The van der Waals surface area contributed by atoms with Gasteiger partial charge in [-0.1, -0.05) is 13.8 Å². The number of esters is 1. The van der Waals surface area contributed by atoms with Crippen LogP contribution >= 0.6 is 0 Å². The molecule has 0 unspecified atom stereocenters. The van der Waals surface area contributed by atoms with Gasteiger partial charge in [-0.25, -0.2) is 9.78 Å². The highest BCUT2D eigenvalue weighted by molar-refractivity contribution is 5.95. The van der Waals surface area contributed by atoms with Crippen molar-refractivity contribution in [3.63, 3.8) is 0 Å². The van der Waals surface area contributed by atoms with E-state index in [0.717, 1.165) is 22.6 Å². The molecule has 0 bridgehead atoms. The second-order valence-electron chi connectivity index (χ2n) is 5.51. The average Bonchev–Trinajstić information content (AvgIpc) is 2.48. The molecule has 0 radical (unpaired) electrons. The first-order valence-corrected chi connectivity index (χ1v) is 7.22. The maximum Gasteiger partial charge on any atom is 0.341 e. The number of carbonyl (C=O) groups is 1. The predicted octanol–water partition coefficient (Wildman–Crippen LogP) is 3.75. The van der Waals surface area contributed by atoms with Crippen LogP contribution in [0.4, 0.5) is 11.5 Å². The van der Waals surface area contributed by atoms with E-state index in [1.807, 2.05) is 19.9 Å². The number of methoxy groups -OCH3 is 1. The number of pyridine rings is 2. The van der Waals surface area contributed by atoms with E-state index in [1.54, 1.807) is 18.3 Å². The van der Waals surface area contributed by atoms with Gasteiger partial charge in [0.2, 0.25) is 0 Å². The summed E-state index contributed by atoms with van der Waals surface area (Å²) in [4.78, 5) is 20.8. The lowest BCUT2D eigenvalue weighted by atomic mass is 10.0. The van der Waals surface area contributed by atoms with Crippen molar-refractivity contribution in [2.24, 2.45) is 0 Å². The number of aryl methyl sites for hydroxylation is 2. The largest absolute Gasteiger partial charge is 0.465 e. The Balaban J connectivity index is 2.52. The molecular formula is C17H21N3O2. The van der Waals surface area contributed by atoms with Gasteiger partial charge in [0.15, 0.2) is 0 Å². The Kier molecular flexibility index (Phi) is 4.75. The smallest absolute Gasteiger partial charge is 0.341 e. The number of carbonyl (C=O) groups excluding carboxylic acids is 1. The Morgan fingerprint density at radius 2 is 1.95 bits per heavy atom. The van der Waals surface area contributed by atoms with Gasteiger partial charge >= 0.3 is 5.97 Å². The van der Waals surface area contributed by atoms with E-state index in [4.69, 9.17) is 4.74 Å². The molecule has 0 aliphatic carbocycles. The number of hydrogen-bond donors (Lipinski definition) is 1. The number of ether oxygens (including phenoxy) is 1. The summed E-state index contributed by atoms with van der Waals surface area (Å²) in [7, 11) is 1.36. The molecule has 0 atom stereocenters. The van der Waals surface area contributed by atoms with E-state index in [2.05, 4.69) is 29.1 Å². The minimum atomic E-state index is -0.414. The van der Waals surface area contributed by atoms with Crippen LogP contribution in [0.1, 0.15) is 47.1 Å². The molecule has 116 valence electrons. The molecular weight excluding hydrogens is 278 g/mol. The Morgan fingerprint density at radius 3 is 2.59 bits per heavy atom. The van der Waals surface area contributed by atoms with Gasteiger partial charge in [0.05, 0.1) is 18.5 Å². The van der Waals surface area contributed by atoms with E-state index in [0.29, 0.717) is 11.4 Å². The standard InChI is InChI=1S/C17H21N3O2/c1-10(2)14-15(11(3)8-9-18-14)20-16-13(17(21)22-5)7-6-12(4)19-16/h6-10H,1-5H3,(H,19,20). The van der Waals surface area contributed by atoms with Crippen molar-refractivity contribution in [1.29, 1.82) is 0 Å². The number of nitrogens with zero attached hydrogens (tertiary/aromatic N) is 2. The van der Waals surface area contributed by atoms with Crippen molar-refractivity contribution >= 4 is 17.5 Å². The molecule has 0 aromatic carbocycles. The maximum absolute atomic E-state index is 11.9. The SMILES string of the molecule is COC(=O)c1ccc(C)nc1Nc1c(C)ccnc1C(C)C. The molecule has 0 saturated heterocycles. The Hall–Kier alpha value is -2.43. The average molecular weight is 299 g/mol. The predicted molar refractivity (Wildman–Crippen MR) is 86.7 cm³/mol. The molecule has 5 nitrogen and oxygen atoms in total. The van der Waals surface area contributed by atoms with E-state index in [9.17, 15) is 4.79 Å². The van der Waals surface area contributed by atoms with Crippen molar-refractivity contribution in [3.05, 3.63) is 46.9 Å². The Bertz CT molecular complexity index is 696. The summed E-state index contributed by atoms with van der Waals surface area (Å²) in [5.74, 6) is 0.335. The minimum absolute atomic E-state index is 0.258. The van der Waals surface area contributed by atoms with Crippen LogP contribution in [0.2, 0.25) is 0 Å². The number of nitrogens with one attached hydrogen (secondary N) is 1. The lowest BCUT2D eigenvalue weighted by molar-refractivity contribution is 0.0601. The van der Waals surface area contributed by atoms with Crippen molar-refractivity contribution in [1.82, 2.24) is 9.97 Å². The monoisotopic (exact) mass is 299 g/mol. The second-order valence-corrected chi connectivity index (χ2v) is 5.51. The highest BCUT2D eigenvalue weighted by Gasteiger charge is 2.17. The van der Waals surface area contributed by atoms with Crippen molar-refractivity contribution < 1.29 is 9.53 Å². The first kappa shape index (κ1) is 15.9. The quantitative estimate of drug-likeness (QED) is 0.871. The molecule has 2 aromatic heterocycles. The van der Waals surface area contributed by atoms with Gasteiger partial charge in [0.1, 0.15) is 11.4 Å². The van der Waals surface area contributed by atoms with Crippen LogP contribution in [0.15, 0.2) is 24.4 Å². The summed E-state index contributed by atoms with van der Waals surface area (Å²) < 4.78 is 4.83. The summed E-state index contributed by atoms with van der Waals surface area (Å²) >= 11 is 0. The summed E-state index contributed by atoms with van der Waals surface area (Å²) in [6, 6.07) is 5.44. The molecule has 0 amide bonds. The zero-order valence-electron chi connectivity index (χ0n) is 13.6. The van der Waals surface area contributed by atoms with E-state index in [1.165, 1.54) is 7.11 Å². The van der Waals surface area contributed by atoms with Crippen molar-refractivity contribution in [2.45, 2.75) is 33.6 Å². The fourth-order valence-corrected chi connectivity index (χ4v) is 2.22. The third-order valence-electron chi connectivity index (χ3n) is 3.42. The van der Waals surface area contributed by atoms with E-state index < -0.39 is 5.97 Å². The van der Waals surface area contributed by atoms with Gasteiger partial charge in [-0.15, -0.1) is 0 Å². The van der Waals surface area contributed by atoms with Crippen LogP contribution in [-0.4, -0.2) is 23.0 Å². The van der Waals surface area contributed by atoms with Crippen molar-refractivity contribution in [3.8, 4) is 0 Å². The van der Waals surface area contributed by atoms with Crippen LogP contribution in [0.3, 0.4) is 0 Å². The number of anilines is 2. The van der Waals surface area contributed by atoms with Gasteiger partial charge in [0, 0.05) is 11.9 Å². The summed E-state index contributed by atoms with van der Waals surface area (Å²) in [5, 5.41) is 3.27. The lowest BCUT2D eigenvalue weighted by Gasteiger charge is -2.17. The Morgan fingerprint density at radius 1 is 1.23 bits per heavy atom. The molecule has 2 aromatic rings. The summed E-state index contributed by atoms with van der Waals surface area (Å²) in [6.07, 6.45) is 1.79. The molecule has 5 heteroatoms. The van der Waals surface area contributed by atoms with Crippen LogP contribution in [-0.2, 0) is 4.74 Å². The molecule has 0 saturated carbocycles. The number of hydrogen-bond acceptors (Lipinski definition) is 5. The molecule has 2 rings (SSSR count). The molecule has 0 aliphatic rings. The molecule has 0 aliphatic heterocycles. The number of aromatic nitrogens is 2. The second kappa shape index (κ2) is 6.56. The fraction of sp³-hybridized carbons (Fsp3) is 0.353. The third kappa shape index (κ3) is 3.24. The lowest BCUT2D eigenvalue weighted by Crippen LogP contribution is -2.10. The molecule has 0 spiro atoms. The minimum Gasteiger partial charge on any atom is -0.465 e. The summed E-state index contributed by atoms with van der Waals surface area (Å²) in [6.45, 7) is 8.05. The Labute approximate surface area is 130 Å². The zero-order chi connectivity index (χ0) is 16.3. The highest BCUT2D eigenvalue weighted by Crippen LogP contribution is 2.29. The van der Waals surface area contributed by atoms with Crippen LogP contribution in [0, 0.1) is 13.8 Å². The van der Waals surface area contributed by atoms with E-state index in [-0.39, 0.29) is 5.92 Å². The first-order chi connectivity index (χ1) is 10.4. The van der Waals surface area contributed by atoms with Crippen LogP contribution in [0.5, 0.6) is 0 Å². The van der Waals surface area contributed by atoms with Gasteiger partial charge in [-0.3, -0.25) is 4.98 Å². The van der Waals surface area contributed by atoms with Gasteiger partial charge < -0.3 is 10.1 Å². The molecule has 1 N–H and O–H groups in total. The molecule has 2 heterocycles. The zero-order valence-corrected chi connectivity index (χ0v) is 13.6. The van der Waals surface area contributed by atoms with Crippen LogP contribution < -0.4 is 5.32 Å². The highest BCUT2D eigenvalue weighted by atomic mass is 16.5. The maximum atomic E-state index is 11.9. The molecule has 22 heavy (non-hydrogen) atoms. The van der Waals surface area contributed by atoms with E-state index >= 15 is 0 Å².